The number of hydrogen-bond donors (Lipinski definition) is 2. The maximum absolute atomic E-state index is 10.7. The Bertz CT molecular complexity index is 379. The van der Waals surface area contributed by atoms with Gasteiger partial charge in [0.25, 0.3) is 0 Å². The second-order valence-electron chi connectivity index (χ2n) is 3.58. The van der Waals surface area contributed by atoms with Gasteiger partial charge >= 0.3 is 5.97 Å². The summed E-state index contributed by atoms with van der Waals surface area (Å²) in [6.07, 6.45) is 2.48. The molecule has 0 unspecified atom stereocenters. The number of aliphatic hydroxyl groups is 1. The van der Waals surface area contributed by atoms with Gasteiger partial charge in [0.15, 0.2) is 0 Å². The molecule has 5 heteroatoms. The van der Waals surface area contributed by atoms with Crippen LogP contribution in [0.3, 0.4) is 0 Å². The summed E-state index contributed by atoms with van der Waals surface area (Å²) < 4.78 is 5.41. The number of ether oxygens (including phenoxy) is 1. The Morgan fingerprint density at radius 3 is 2.65 bits per heavy atom. The number of benzene rings is 1. The maximum atomic E-state index is 10.7. The van der Waals surface area contributed by atoms with Crippen molar-refractivity contribution in [2.75, 3.05) is 13.2 Å². The molecule has 0 aliphatic heterocycles. The molecule has 0 aliphatic carbocycles. The molecule has 94 valence electrons. The summed E-state index contributed by atoms with van der Waals surface area (Å²) in [5.41, 5.74) is 0.141. The van der Waals surface area contributed by atoms with E-state index in [0.29, 0.717) is 17.4 Å². The first-order valence-electron chi connectivity index (χ1n) is 5.41. The highest BCUT2D eigenvalue weighted by molar-refractivity contribution is 6.32. The highest BCUT2D eigenvalue weighted by Crippen LogP contribution is 2.25. The minimum absolute atomic E-state index is 0.141. The predicted octanol–water partition coefficient (Wildman–Crippen LogP) is 2.58. The Balaban J connectivity index is 2.46. The molecule has 17 heavy (non-hydrogen) atoms. The number of unbranched alkanes of at least 4 members (excludes halogenated alkanes) is 2. The third-order valence-electron chi connectivity index (χ3n) is 2.24. The molecule has 1 rings (SSSR count). The van der Waals surface area contributed by atoms with E-state index in [0.717, 1.165) is 19.3 Å². The van der Waals surface area contributed by atoms with E-state index in [2.05, 4.69) is 0 Å². The van der Waals surface area contributed by atoms with E-state index in [1.807, 2.05) is 0 Å². The third kappa shape index (κ3) is 4.63. The lowest BCUT2D eigenvalue weighted by Crippen LogP contribution is -2.00. The minimum Gasteiger partial charge on any atom is -0.492 e. The molecule has 0 saturated carbocycles. The molecule has 0 aliphatic rings. The summed E-state index contributed by atoms with van der Waals surface area (Å²) in [4.78, 5) is 10.7. The standard InChI is InChI=1S/C12H15ClO4/c13-10-8-9(12(15)16)4-5-11(10)17-7-3-1-2-6-14/h4-5,8,14H,1-3,6-7H2,(H,15,16). The number of aliphatic hydroxyl groups excluding tert-OH is 1. The summed E-state index contributed by atoms with van der Waals surface area (Å²) >= 11 is 5.89. The van der Waals surface area contributed by atoms with Crippen molar-refractivity contribution in [3.05, 3.63) is 28.8 Å². The Hall–Kier alpha value is -1.26. The van der Waals surface area contributed by atoms with Crippen LogP contribution in [0.1, 0.15) is 29.6 Å². The van der Waals surface area contributed by atoms with Crippen LogP contribution in [0.15, 0.2) is 18.2 Å². The van der Waals surface area contributed by atoms with Crippen molar-refractivity contribution in [2.45, 2.75) is 19.3 Å². The molecule has 4 nitrogen and oxygen atoms in total. The first kappa shape index (κ1) is 13.8. The van der Waals surface area contributed by atoms with E-state index >= 15 is 0 Å². The number of hydrogen-bond acceptors (Lipinski definition) is 3. The van der Waals surface area contributed by atoms with Crippen LogP contribution in [0.2, 0.25) is 5.02 Å². The number of carboxylic acids is 1. The van der Waals surface area contributed by atoms with Crippen LogP contribution < -0.4 is 4.74 Å². The summed E-state index contributed by atoms with van der Waals surface area (Å²) in [5, 5.41) is 17.6. The number of halogens is 1. The topological polar surface area (TPSA) is 66.8 Å². The van der Waals surface area contributed by atoms with E-state index in [1.165, 1.54) is 12.1 Å². The monoisotopic (exact) mass is 258 g/mol. The fourth-order valence-electron chi connectivity index (χ4n) is 1.32. The van der Waals surface area contributed by atoms with Crippen LogP contribution in [-0.2, 0) is 0 Å². The first-order valence-corrected chi connectivity index (χ1v) is 5.79. The van der Waals surface area contributed by atoms with Crippen LogP contribution in [0, 0.1) is 0 Å². The van der Waals surface area contributed by atoms with Gasteiger partial charge in [0.1, 0.15) is 5.75 Å². The van der Waals surface area contributed by atoms with Gasteiger partial charge in [0, 0.05) is 6.61 Å². The zero-order chi connectivity index (χ0) is 12.7. The Morgan fingerprint density at radius 2 is 2.06 bits per heavy atom. The molecule has 1 aromatic carbocycles. The van der Waals surface area contributed by atoms with Crippen LogP contribution in [0.4, 0.5) is 0 Å². The van der Waals surface area contributed by atoms with Crippen molar-refractivity contribution in [2.24, 2.45) is 0 Å². The summed E-state index contributed by atoms with van der Waals surface area (Å²) in [5.74, 6) is -0.526. The quantitative estimate of drug-likeness (QED) is 0.738. The van der Waals surface area contributed by atoms with Gasteiger partial charge in [-0.1, -0.05) is 11.6 Å². The van der Waals surface area contributed by atoms with Crippen molar-refractivity contribution >= 4 is 17.6 Å². The second-order valence-corrected chi connectivity index (χ2v) is 3.99. The molecule has 0 spiro atoms. The Kier molecular flexibility index (Phi) is 5.80. The minimum atomic E-state index is -1.01. The number of carbonyl (C=O) groups is 1. The fourth-order valence-corrected chi connectivity index (χ4v) is 1.56. The van der Waals surface area contributed by atoms with Crippen LogP contribution in [-0.4, -0.2) is 29.4 Å². The first-order chi connectivity index (χ1) is 8.15. The smallest absolute Gasteiger partial charge is 0.335 e. The molecule has 0 heterocycles. The largest absolute Gasteiger partial charge is 0.492 e. The van der Waals surface area contributed by atoms with E-state index in [-0.39, 0.29) is 12.2 Å². The maximum Gasteiger partial charge on any atom is 0.335 e. The molecule has 0 bridgehead atoms. The van der Waals surface area contributed by atoms with E-state index in [4.69, 9.17) is 26.6 Å². The second kappa shape index (κ2) is 7.14. The average Bonchev–Trinajstić information content (AvgIpc) is 2.30. The van der Waals surface area contributed by atoms with Gasteiger partial charge in [-0.25, -0.2) is 4.79 Å². The molecule has 2 N–H and O–H groups in total. The fraction of sp³-hybridized carbons (Fsp3) is 0.417. The van der Waals surface area contributed by atoms with Crippen LogP contribution >= 0.6 is 11.6 Å². The molecule has 0 saturated heterocycles. The van der Waals surface area contributed by atoms with Crippen molar-refractivity contribution in [3.8, 4) is 5.75 Å². The molecule has 0 aromatic heterocycles. The third-order valence-corrected chi connectivity index (χ3v) is 2.53. The zero-order valence-electron chi connectivity index (χ0n) is 9.36. The van der Waals surface area contributed by atoms with Crippen LogP contribution in [0.5, 0.6) is 5.75 Å². The van der Waals surface area contributed by atoms with E-state index in [1.54, 1.807) is 6.07 Å². The van der Waals surface area contributed by atoms with Gasteiger partial charge in [-0.2, -0.15) is 0 Å². The summed E-state index contributed by atoms with van der Waals surface area (Å²) in [6.45, 7) is 0.695. The van der Waals surface area contributed by atoms with Gasteiger partial charge in [-0.3, -0.25) is 0 Å². The molecule has 1 aromatic rings. The van der Waals surface area contributed by atoms with Gasteiger partial charge in [-0.15, -0.1) is 0 Å². The van der Waals surface area contributed by atoms with Crippen molar-refractivity contribution in [1.29, 1.82) is 0 Å². The molecule has 0 fully saturated rings. The predicted molar refractivity (Wildman–Crippen MR) is 64.8 cm³/mol. The van der Waals surface area contributed by atoms with Crippen LogP contribution in [0.25, 0.3) is 0 Å². The number of carboxylic acid groups (broad SMARTS) is 1. The molecular formula is C12H15ClO4. The molecular weight excluding hydrogens is 244 g/mol. The number of aromatic carboxylic acids is 1. The van der Waals surface area contributed by atoms with E-state index in [9.17, 15) is 4.79 Å². The molecule has 0 amide bonds. The van der Waals surface area contributed by atoms with Gasteiger partial charge in [0.05, 0.1) is 17.2 Å². The van der Waals surface area contributed by atoms with Gasteiger partial charge < -0.3 is 14.9 Å². The Labute approximate surface area is 105 Å². The van der Waals surface area contributed by atoms with Crippen molar-refractivity contribution in [1.82, 2.24) is 0 Å². The van der Waals surface area contributed by atoms with Gasteiger partial charge in [0.2, 0.25) is 0 Å². The van der Waals surface area contributed by atoms with Crippen molar-refractivity contribution in [3.63, 3.8) is 0 Å². The summed E-state index contributed by atoms with van der Waals surface area (Å²) in [6, 6.07) is 4.38. The molecule has 0 atom stereocenters. The highest BCUT2D eigenvalue weighted by Gasteiger charge is 2.07. The van der Waals surface area contributed by atoms with Gasteiger partial charge in [-0.05, 0) is 37.5 Å². The SMILES string of the molecule is O=C(O)c1ccc(OCCCCCO)c(Cl)c1. The summed E-state index contributed by atoms with van der Waals surface area (Å²) in [7, 11) is 0. The Morgan fingerprint density at radius 1 is 1.29 bits per heavy atom. The molecule has 0 radical (unpaired) electrons. The average molecular weight is 259 g/mol. The highest BCUT2D eigenvalue weighted by atomic mass is 35.5. The normalized spacial score (nSPS) is 10.2. The lowest BCUT2D eigenvalue weighted by molar-refractivity contribution is 0.0697. The zero-order valence-corrected chi connectivity index (χ0v) is 10.1. The lowest BCUT2D eigenvalue weighted by atomic mass is 10.2. The lowest BCUT2D eigenvalue weighted by Gasteiger charge is -2.08. The van der Waals surface area contributed by atoms with E-state index < -0.39 is 5.97 Å². The van der Waals surface area contributed by atoms with Crippen molar-refractivity contribution < 1.29 is 19.7 Å². The number of rotatable bonds is 7.